The highest BCUT2D eigenvalue weighted by atomic mass is 32.2. The first-order valence-corrected chi connectivity index (χ1v) is 11.2. The van der Waals surface area contributed by atoms with Crippen molar-refractivity contribution in [3.05, 3.63) is 107 Å². The largest absolute Gasteiger partial charge is 0.351 e. The summed E-state index contributed by atoms with van der Waals surface area (Å²) in [7, 11) is 0. The monoisotopic (exact) mass is 428 g/mol. The van der Waals surface area contributed by atoms with Crippen LogP contribution in [0.5, 0.6) is 0 Å². The summed E-state index contributed by atoms with van der Waals surface area (Å²) in [6.07, 6.45) is 0.669. The van der Waals surface area contributed by atoms with E-state index in [9.17, 15) is 4.79 Å². The minimum absolute atomic E-state index is 0.0306. The Hall–Kier alpha value is -3.38. The fourth-order valence-corrected chi connectivity index (χ4v) is 4.02. The van der Waals surface area contributed by atoms with Crippen LogP contribution in [-0.4, -0.2) is 26.4 Å². The average molecular weight is 429 g/mol. The van der Waals surface area contributed by atoms with Crippen molar-refractivity contribution >= 4 is 17.7 Å². The van der Waals surface area contributed by atoms with Crippen LogP contribution in [0.2, 0.25) is 0 Å². The normalized spacial score (nSPS) is 10.7. The van der Waals surface area contributed by atoms with Gasteiger partial charge in [-0.3, -0.25) is 9.36 Å². The average Bonchev–Trinajstić information content (AvgIpc) is 3.20. The zero-order chi connectivity index (χ0) is 21.5. The Morgan fingerprint density at radius 2 is 1.52 bits per heavy atom. The minimum Gasteiger partial charge on any atom is -0.351 e. The van der Waals surface area contributed by atoms with E-state index in [1.54, 1.807) is 0 Å². The Morgan fingerprint density at radius 1 is 0.871 bits per heavy atom. The van der Waals surface area contributed by atoms with Crippen molar-refractivity contribution in [1.82, 2.24) is 20.1 Å². The quantitative estimate of drug-likeness (QED) is 0.418. The maximum atomic E-state index is 12.4. The van der Waals surface area contributed by atoms with Crippen LogP contribution in [0.3, 0.4) is 0 Å². The molecule has 0 aliphatic rings. The molecule has 0 spiro atoms. The van der Waals surface area contributed by atoms with Crippen LogP contribution in [0, 0.1) is 6.92 Å². The van der Waals surface area contributed by atoms with Gasteiger partial charge in [0.2, 0.25) is 5.91 Å². The highest BCUT2D eigenvalue weighted by molar-refractivity contribution is 7.99. The fraction of sp³-hybridized carbons (Fsp3) is 0.160. The second-order valence-electron chi connectivity index (χ2n) is 7.28. The molecule has 0 saturated heterocycles. The van der Waals surface area contributed by atoms with E-state index in [-0.39, 0.29) is 11.7 Å². The molecule has 156 valence electrons. The van der Waals surface area contributed by atoms with Crippen LogP contribution in [0.4, 0.5) is 0 Å². The van der Waals surface area contributed by atoms with Gasteiger partial charge in [0.1, 0.15) is 5.82 Å². The predicted molar refractivity (Wildman–Crippen MR) is 124 cm³/mol. The van der Waals surface area contributed by atoms with Gasteiger partial charge in [-0.15, -0.1) is 10.2 Å². The van der Waals surface area contributed by atoms with Crippen molar-refractivity contribution in [2.24, 2.45) is 0 Å². The standard InChI is InChI=1S/C25H24N4OS/c1-19-12-14-22(15-13-19)29-23(16-20-8-4-2-5-9-20)27-28-25(29)31-18-24(30)26-17-21-10-6-3-7-11-21/h2-15H,16-18H2,1H3,(H,26,30). The summed E-state index contributed by atoms with van der Waals surface area (Å²) in [5.41, 5.74) is 4.43. The van der Waals surface area contributed by atoms with Crippen LogP contribution in [0.1, 0.15) is 22.5 Å². The molecule has 4 aromatic rings. The molecule has 1 aromatic heterocycles. The third-order valence-electron chi connectivity index (χ3n) is 4.86. The number of carbonyl (C=O) groups is 1. The Balaban J connectivity index is 1.50. The van der Waals surface area contributed by atoms with E-state index in [0.717, 1.165) is 17.1 Å². The van der Waals surface area contributed by atoms with Crippen molar-refractivity contribution in [3.8, 4) is 5.69 Å². The highest BCUT2D eigenvalue weighted by Gasteiger charge is 2.16. The molecule has 1 heterocycles. The third-order valence-corrected chi connectivity index (χ3v) is 5.79. The van der Waals surface area contributed by atoms with Gasteiger partial charge in [-0.05, 0) is 30.2 Å². The molecule has 0 bridgehead atoms. The molecule has 0 fully saturated rings. The van der Waals surface area contributed by atoms with Gasteiger partial charge >= 0.3 is 0 Å². The number of amides is 1. The Morgan fingerprint density at radius 3 is 2.19 bits per heavy atom. The lowest BCUT2D eigenvalue weighted by atomic mass is 10.1. The van der Waals surface area contributed by atoms with E-state index in [1.165, 1.54) is 22.9 Å². The maximum absolute atomic E-state index is 12.4. The number of hydrogen-bond donors (Lipinski definition) is 1. The van der Waals surface area contributed by atoms with Crippen molar-refractivity contribution in [3.63, 3.8) is 0 Å². The molecule has 0 radical (unpaired) electrons. The topological polar surface area (TPSA) is 59.8 Å². The highest BCUT2D eigenvalue weighted by Crippen LogP contribution is 2.24. The van der Waals surface area contributed by atoms with Gasteiger partial charge in [0.05, 0.1) is 5.75 Å². The number of thioether (sulfide) groups is 1. The molecule has 5 nitrogen and oxygen atoms in total. The number of nitrogens with one attached hydrogen (secondary N) is 1. The molecule has 31 heavy (non-hydrogen) atoms. The van der Waals surface area contributed by atoms with Gasteiger partial charge in [0.25, 0.3) is 0 Å². The van der Waals surface area contributed by atoms with Gasteiger partial charge in [0, 0.05) is 18.7 Å². The molecule has 3 aromatic carbocycles. The molecular weight excluding hydrogens is 404 g/mol. The summed E-state index contributed by atoms with van der Waals surface area (Å²) in [5.74, 6) is 1.10. The van der Waals surface area contributed by atoms with E-state index in [2.05, 4.69) is 58.8 Å². The summed E-state index contributed by atoms with van der Waals surface area (Å²) >= 11 is 1.40. The first kappa shape index (κ1) is 20.9. The minimum atomic E-state index is -0.0306. The van der Waals surface area contributed by atoms with Crippen molar-refractivity contribution in [1.29, 1.82) is 0 Å². The van der Waals surface area contributed by atoms with Gasteiger partial charge in [-0.1, -0.05) is 90.1 Å². The van der Waals surface area contributed by atoms with E-state index < -0.39 is 0 Å². The zero-order valence-corrected chi connectivity index (χ0v) is 18.2. The van der Waals surface area contributed by atoms with Crippen LogP contribution in [0.25, 0.3) is 5.69 Å². The van der Waals surface area contributed by atoms with Crippen LogP contribution in [-0.2, 0) is 17.8 Å². The maximum Gasteiger partial charge on any atom is 0.230 e. The predicted octanol–water partition coefficient (Wildman–Crippen LogP) is 4.58. The molecule has 0 saturated carbocycles. The first-order chi connectivity index (χ1) is 15.2. The number of hydrogen-bond acceptors (Lipinski definition) is 4. The lowest BCUT2D eigenvalue weighted by Gasteiger charge is -2.11. The van der Waals surface area contributed by atoms with E-state index in [1.807, 2.05) is 53.1 Å². The molecule has 1 amide bonds. The Labute approximate surface area is 186 Å². The number of aryl methyl sites for hydroxylation is 1. The number of aromatic nitrogens is 3. The van der Waals surface area contributed by atoms with E-state index in [0.29, 0.717) is 18.1 Å². The molecular formula is C25H24N4OS. The van der Waals surface area contributed by atoms with Gasteiger partial charge in [0.15, 0.2) is 5.16 Å². The van der Waals surface area contributed by atoms with E-state index >= 15 is 0 Å². The van der Waals surface area contributed by atoms with Gasteiger partial charge in [-0.2, -0.15) is 0 Å². The molecule has 0 atom stereocenters. The van der Waals surface area contributed by atoms with Crippen molar-refractivity contribution in [2.45, 2.75) is 25.0 Å². The third kappa shape index (κ3) is 5.61. The summed E-state index contributed by atoms with van der Waals surface area (Å²) < 4.78 is 2.04. The molecule has 0 aliphatic carbocycles. The van der Waals surface area contributed by atoms with Crippen LogP contribution < -0.4 is 5.32 Å². The SMILES string of the molecule is Cc1ccc(-n2c(Cc3ccccc3)nnc2SCC(=O)NCc2ccccc2)cc1. The van der Waals surface area contributed by atoms with Crippen molar-refractivity contribution in [2.75, 3.05) is 5.75 Å². The molecule has 0 aliphatic heterocycles. The number of rotatable bonds is 8. The lowest BCUT2D eigenvalue weighted by molar-refractivity contribution is -0.118. The molecule has 1 N–H and O–H groups in total. The first-order valence-electron chi connectivity index (χ1n) is 10.2. The number of benzene rings is 3. The number of nitrogens with zero attached hydrogens (tertiary/aromatic N) is 3. The second-order valence-corrected chi connectivity index (χ2v) is 8.23. The fourth-order valence-electron chi connectivity index (χ4n) is 3.22. The number of carbonyl (C=O) groups excluding carboxylic acids is 1. The Kier molecular flexibility index (Phi) is 6.79. The van der Waals surface area contributed by atoms with Crippen molar-refractivity contribution < 1.29 is 4.79 Å². The summed E-state index contributed by atoms with van der Waals surface area (Å²) in [4.78, 5) is 12.4. The van der Waals surface area contributed by atoms with Crippen LogP contribution >= 0.6 is 11.8 Å². The van der Waals surface area contributed by atoms with Crippen LogP contribution in [0.15, 0.2) is 90.1 Å². The zero-order valence-electron chi connectivity index (χ0n) is 17.4. The molecule has 6 heteroatoms. The Bertz CT molecular complexity index is 1130. The lowest BCUT2D eigenvalue weighted by Crippen LogP contribution is -2.24. The summed E-state index contributed by atoms with van der Waals surface area (Å²) in [5, 5.41) is 12.5. The summed E-state index contributed by atoms with van der Waals surface area (Å²) in [6.45, 7) is 2.58. The summed E-state index contributed by atoms with van der Waals surface area (Å²) in [6, 6.07) is 28.4. The van der Waals surface area contributed by atoms with Gasteiger partial charge in [-0.25, -0.2) is 0 Å². The molecule has 0 unspecified atom stereocenters. The smallest absolute Gasteiger partial charge is 0.230 e. The van der Waals surface area contributed by atoms with Gasteiger partial charge < -0.3 is 5.32 Å². The second kappa shape index (κ2) is 10.1. The van der Waals surface area contributed by atoms with E-state index in [4.69, 9.17) is 0 Å². The molecule has 4 rings (SSSR count).